The highest BCUT2D eigenvalue weighted by Gasteiger charge is 2.48. The van der Waals surface area contributed by atoms with Crippen LogP contribution in [0.2, 0.25) is 0 Å². The molecule has 0 aromatic heterocycles. The first kappa shape index (κ1) is 23.8. The molecule has 3 saturated heterocycles. The molecule has 0 radical (unpaired) electrons. The van der Waals surface area contributed by atoms with Gasteiger partial charge in [0, 0.05) is 25.2 Å². The minimum atomic E-state index is -0.873. The minimum Gasteiger partial charge on any atom is -0.493 e. The van der Waals surface area contributed by atoms with E-state index in [2.05, 4.69) is 24.3 Å². The number of hydrogen-bond acceptors (Lipinski definition) is 3. The predicted octanol–water partition coefficient (Wildman–Crippen LogP) is 5.55. The maximum atomic E-state index is 12.0. The predicted molar refractivity (Wildman–Crippen MR) is 136 cm³/mol. The molecule has 2 aromatic rings. The summed E-state index contributed by atoms with van der Waals surface area (Å²) >= 11 is 0. The minimum absolute atomic E-state index is 0.261. The lowest BCUT2D eigenvalue weighted by atomic mass is 9.73. The average molecular weight is 465 g/mol. The zero-order valence-corrected chi connectivity index (χ0v) is 20.6. The quantitative estimate of drug-likeness (QED) is 0.370. The van der Waals surface area contributed by atoms with Crippen LogP contribution < -0.4 is 4.74 Å². The Bertz CT molecular complexity index is 874. The Hall–Kier alpha value is -1.88. The molecule has 3 aliphatic heterocycles. The van der Waals surface area contributed by atoms with Gasteiger partial charge in [-0.05, 0) is 36.5 Å². The van der Waals surface area contributed by atoms with Crippen molar-refractivity contribution in [1.29, 1.82) is 0 Å². The maximum absolute atomic E-state index is 12.0. The van der Waals surface area contributed by atoms with Crippen molar-refractivity contribution in [2.75, 3.05) is 39.4 Å². The Labute approximate surface area is 205 Å². The van der Waals surface area contributed by atoms with E-state index in [1.807, 2.05) is 36.4 Å². The van der Waals surface area contributed by atoms with E-state index in [0.717, 1.165) is 54.8 Å². The zero-order chi connectivity index (χ0) is 23.3. The zero-order valence-electron chi connectivity index (χ0n) is 20.6. The number of aliphatic hydroxyl groups is 1. The molecule has 2 bridgehead atoms. The van der Waals surface area contributed by atoms with Gasteiger partial charge in [-0.15, -0.1) is 0 Å². The van der Waals surface area contributed by atoms with Crippen molar-refractivity contribution >= 4 is 0 Å². The van der Waals surface area contributed by atoms with E-state index < -0.39 is 5.60 Å². The van der Waals surface area contributed by atoms with E-state index in [0.29, 0.717) is 18.4 Å². The molecule has 4 nitrogen and oxygen atoms in total. The van der Waals surface area contributed by atoms with Crippen molar-refractivity contribution < 1.29 is 19.1 Å². The molecule has 4 aliphatic rings. The van der Waals surface area contributed by atoms with Crippen molar-refractivity contribution in [2.24, 2.45) is 11.8 Å². The summed E-state index contributed by atoms with van der Waals surface area (Å²) in [6, 6.07) is 20.5. The van der Waals surface area contributed by atoms with Crippen molar-refractivity contribution in [2.45, 2.75) is 63.1 Å². The van der Waals surface area contributed by atoms with E-state index >= 15 is 0 Å². The lowest BCUT2D eigenvalue weighted by molar-refractivity contribution is -0.946. The summed E-state index contributed by atoms with van der Waals surface area (Å²) in [5, 5.41) is 12.0. The summed E-state index contributed by atoms with van der Waals surface area (Å²) in [7, 11) is 0. The summed E-state index contributed by atoms with van der Waals surface area (Å²) in [6.07, 6.45) is 9.76. The lowest BCUT2D eigenvalue weighted by Gasteiger charge is -2.53. The molecule has 184 valence electrons. The summed E-state index contributed by atoms with van der Waals surface area (Å²) in [6.45, 7) is 5.98. The average Bonchev–Trinajstić information content (AvgIpc) is 2.92. The molecular formula is C30H42NO3+. The van der Waals surface area contributed by atoms with Crippen LogP contribution in [-0.2, 0) is 10.3 Å². The summed E-state index contributed by atoms with van der Waals surface area (Å²) in [5.74, 6) is 1.90. The number of para-hydroxylation sites is 1. The SMILES string of the molecule is O[C@](COC1C[N+]2(CCCOc3ccccc3)CCC1CC2)(c1ccccc1)C1CCCCC1. The van der Waals surface area contributed by atoms with Gasteiger partial charge in [0.2, 0.25) is 0 Å². The standard InChI is InChI=1S/C30H42NO3/c32-30(26-11-4-1-5-12-26,27-13-6-2-7-14-27)24-34-29-23-31(20-17-25(29)18-21-31)19-10-22-33-28-15-8-3-9-16-28/h1,3-5,8-9,11-12,15-16,25,27,29,32H,2,6-7,10,13-14,17-24H2/q+1/t25?,29?,30-,31?/m1/s1. The number of hydrogen-bond donors (Lipinski definition) is 1. The Morgan fingerprint density at radius 3 is 2.24 bits per heavy atom. The number of quaternary nitrogens is 1. The molecule has 4 fully saturated rings. The van der Waals surface area contributed by atoms with Crippen LogP contribution in [0.5, 0.6) is 5.75 Å². The second-order valence-corrected chi connectivity index (χ2v) is 11.0. The van der Waals surface area contributed by atoms with Gasteiger partial charge in [0.1, 0.15) is 24.0 Å². The van der Waals surface area contributed by atoms with Crippen molar-refractivity contribution in [3.8, 4) is 5.75 Å². The van der Waals surface area contributed by atoms with Crippen molar-refractivity contribution in [1.82, 2.24) is 0 Å². The highest BCUT2D eigenvalue weighted by molar-refractivity contribution is 5.24. The largest absolute Gasteiger partial charge is 0.493 e. The molecule has 1 N–H and O–H groups in total. The molecule has 1 saturated carbocycles. The Balaban J connectivity index is 1.19. The van der Waals surface area contributed by atoms with Gasteiger partial charge in [-0.1, -0.05) is 67.8 Å². The second kappa shape index (κ2) is 10.8. The number of piperidine rings is 3. The Morgan fingerprint density at radius 2 is 1.53 bits per heavy atom. The van der Waals surface area contributed by atoms with Gasteiger partial charge in [0.05, 0.1) is 32.8 Å². The third kappa shape index (κ3) is 5.35. The highest BCUT2D eigenvalue weighted by atomic mass is 16.5. The normalized spacial score (nSPS) is 29.0. The fourth-order valence-corrected chi connectivity index (χ4v) is 6.81. The summed E-state index contributed by atoms with van der Waals surface area (Å²) in [4.78, 5) is 0. The van der Waals surface area contributed by atoms with Gasteiger partial charge in [-0.25, -0.2) is 0 Å². The number of fused-ring (bicyclic) bond motifs is 3. The van der Waals surface area contributed by atoms with E-state index in [9.17, 15) is 5.11 Å². The third-order valence-electron chi connectivity index (χ3n) is 8.90. The monoisotopic (exact) mass is 464 g/mol. The van der Waals surface area contributed by atoms with Crippen molar-refractivity contribution in [3.63, 3.8) is 0 Å². The molecular weight excluding hydrogens is 422 g/mol. The highest BCUT2D eigenvalue weighted by Crippen LogP contribution is 2.42. The molecule has 2 atom stereocenters. The van der Waals surface area contributed by atoms with Gasteiger partial charge in [-0.2, -0.15) is 0 Å². The lowest BCUT2D eigenvalue weighted by Crippen LogP contribution is -2.65. The van der Waals surface area contributed by atoms with E-state index in [-0.39, 0.29) is 6.10 Å². The van der Waals surface area contributed by atoms with Gasteiger partial charge in [0.25, 0.3) is 0 Å². The van der Waals surface area contributed by atoms with Crippen LogP contribution >= 0.6 is 0 Å². The Morgan fingerprint density at radius 1 is 0.853 bits per heavy atom. The van der Waals surface area contributed by atoms with E-state index in [1.165, 1.54) is 45.2 Å². The van der Waals surface area contributed by atoms with Crippen LogP contribution in [0.25, 0.3) is 0 Å². The van der Waals surface area contributed by atoms with Crippen LogP contribution in [-0.4, -0.2) is 55.1 Å². The fraction of sp³-hybridized carbons (Fsp3) is 0.600. The van der Waals surface area contributed by atoms with Crippen molar-refractivity contribution in [3.05, 3.63) is 66.2 Å². The molecule has 6 rings (SSSR count). The summed E-state index contributed by atoms with van der Waals surface area (Å²) in [5.41, 5.74) is 0.160. The molecule has 1 unspecified atom stereocenters. The van der Waals surface area contributed by atoms with E-state index in [4.69, 9.17) is 9.47 Å². The number of nitrogens with zero attached hydrogens (tertiary/aromatic N) is 1. The van der Waals surface area contributed by atoms with Gasteiger partial charge < -0.3 is 19.1 Å². The van der Waals surface area contributed by atoms with Gasteiger partial charge in [0.15, 0.2) is 0 Å². The molecule has 34 heavy (non-hydrogen) atoms. The van der Waals surface area contributed by atoms with Crippen LogP contribution in [0.1, 0.15) is 56.9 Å². The molecule has 2 aromatic carbocycles. The third-order valence-corrected chi connectivity index (χ3v) is 8.90. The second-order valence-electron chi connectivity index (χ2n) is 11.0. The van der Waals surface area contributed by atoms with Crippen LogP contribution in [0.3, 0.4) is 0 Å². The van der Waals surface area contributed by atoms with Crippen LogP contribution in [0.15, 0.2) is 60.7 Å². The van der Waals surface area contributed by atoms with Crippen LogP contribution in [0.4, 0.5) is 0 Å². The first-order chi connectivity index (χ1) is 16.7. The van der Waals surface area contributed by atoms with E-state index in [1.54, 1.807) is 0 Å². The molecule has 0 spiro atoms. The van der Waals surface area contributed by atoms with Gasteiger partial charge in [-0.3, -0.25) is 0 Å². The maximum Gasteiger partial charge on any atom is 0.119 e. The number of rotatable bonds is 10. The fourth-order valence-electron chi connectivity index (χ4n) is 6.81. The smallest absolute Gasteiger partial charge is 0.119 e. The molecule has 1 aliphatic carbocycles. The topological polar surface area (TPSA) is 38.7 Å². The number of benzene rings is 2. The molecule has 4 heteroatoms. The van der Waals surface area contributed by atoms with Crippen LogP contribution in [0, 0.1) is 11.8 Å². The molecule has 3 heterocycles. The number of ether oxygens (including phenoxy) is 2. The summed E-state index contributed by atoms with van der Waals surface area (Å²) < 4.78 is 13.8. The first-order valence-electron chi connectivity index (χ1n) is 13.6. The Kier molecular flexibility index (Phi) is 7.58. The van der Waals surface area contributed by atoms with Gasteiger partial charge >= 0.3 is 0 Å². The molecule has 0 amide bonds. The first-order valence-corrected chi connectivity index (χ1v) is 13.6.